The third-order valence-corrected chi connectivity index (χ3v) is 2.84. The minimum Gasteiger partial charge on any atom is -0.466 e. The Morgan fingerprint density at radius 1 is 1.16 bits per heavy atom. The van der Waals surface area contributed by atoms with Crippen LogP contribution >= 0.6 is 0 Å². The smallest absolute Gasteiger partial charge is 0.310 e. The summed E-state index contributed by atoms with van der Waals surface area (Å²) in [5.74, 6) is -0.185. The van der Waals surface area contributed by atoms with Crippen molar-refractivity contribution in [2.75, 3.05) is 6.61 Å². The molecule has 3 nitrogen and oxygen atoms in total. The van der Waals surface area contributed by atoms with Crippen molar-refractivity contribution in [3.8, 4) is 11.1 Å². The number of hydrogen-bond acceptors (Lipinski definition) is 3. The number of aryl methyl sites for hydroxylation is 1. The molecule has 0 saturated carbocycles. The molecule has 0 unspecified atom stereocenters. The lowest BCUT2D eigenvalue weighted by Crippen LogP contribution is -2.07. The second-order valence-corrected chi connectivity index (χ2v) is 4.36. The van der Waals surface area contributed by atoms with E-state index in [1.165, 1.54) is 0 Å². The molecule has 1 heterocycles. The van der Waals surface area contributed by atoms with E-state index in [0.717, 1.165) is 22.4 Å². The van der Waals surface area contributed by atoms with Crippen LogP contribution in [0, 0.1) is 6.92 Å². The van der Waals surface area contributed by atoms with E-state index in [1.807, 2.05) is 50.2 Å². The van der Waals surface area contributed by atoms with Gasteiger partial charge in [-0.05, 0) is 42.7 Å². The summed E-state index contributed by atoms with van der Waals surface area (Å²) in [4.78, 5) is 15.6. The molecule has 0 aliphatic rings. The Labute approximate surface area is 113 Å². The van der Waals surface area contributed by atoms with Gasteiger partial charge >= 0.3 is 5.97 Å². The maximum Gasteiger partial charge on any atom is 0.310 e. The molecule has 0 atom stereocenters. The largest absolute Gasteiger partial charge is 0.466 e. The Bertz CT molecular complexity index is 561. The van der Waals surface area contributed by atoms with Crippen molar-refractivity contribution in [2.24, 2.45) is 0 Å². The van der Waals surface area contributed by atoms with Crippen molar-refractivity contribution >= 4 is 5.97 Å². The first-order valence-corrected chi connectivity index (χ1v) is 6.36. The molecular weight excluding hydrogens is 238 g/mol. The van der Waals surface area contributed by atoms with E-state index >= 15 is 0 Å². The molecule has 0 N–H and O–H groups in total. The number of benzene rings is 1. The predicted octanol–water partition coefficient (Wildman–Crippen LogP) is 3.16. The van der Waals surface area contributed by atoms with Crippen LogP contribution in [0.1, 0.15) is 18.2 Å². The molecule has 0 saturated heterocycles. The molecular formula is C16H17NO2. The van der Waals surface area contributed by atoms with Crippen molar-refractivity contribution in [3.05, 3.63) is 53.9 Å². The van der Waals surface area contributed by atoms with Gasteiger partial charge in [-0.3, -0.25) is 9.78 Å². The quantitative estimate of drug-likeness (QED) is 0.788. The molecule has 0 aliphatic carbocycles. The van der Waals surface area contributed by atoms with Crippen molar-refractivity contribution in [2.45, 2.75) is 20.3 Å². The first-order valence-electron chi connectivity index (χ1n) is 6.36. The van der Waals surface area contributed by atoms with Gasteiger partial charge in [-0.2, -0.15) is 0 Å². The van der Waals surface area contributed by atoms with Crippen LogP contribution in [-0.2, 0) is 16.0 Å². The number of aromatic nitrogens is 1. The lowest BCUT2D eigenvalue weighted by molar-refractivity contribution is -0.142. The van der Waals surface area contributed by atoms with Gasteiger partial charge in [0, 0.05) is 11.9 Å². The zero-order valence-electron chi connectivity index (χ0n) is 11.2. The van der Waals surface area contributed by atoms with E-state index < -0.39 is 0 Å². The molecule has 2 aromatic rings. The van der Waals surface area contributed by atoms with Crippen LogP contribution in [0.25, 0.3) is 11.1 Å². The Hall–Kier alpha value is -2.16. The number of rotatable bonds is 4. The van der Waals surface area contributed by atoms with Crippen LogP contribution in [0.5, 0.6) is 0 Å². The molecule has 0 fully saturated rings. The Balaban J connectivity index is 2.12. The number of esters is 1. The summed E-state index contributed by atoms with van der Waals surface area (Å²) >= 11 is 0. The van der Waals surface area contributed by atoms with Gasteiger partial charge in [-0.1, -0.05) is 24.3 Å². The monoisotopic (exact) mass is 255 g/mol. The highest BCUT2D eigenvalue weighted by molar-refractivity contribution is 5.73. The second-order valence-electron chi connectivity index (χ2n) is 4.36. The van der Waals surface area contributed by atoms with Crippen molar-refractivity contribution in [1.29, 1.82) is 0 Å². The van der Waals surface area contributed by atoms with E-state index in [2.05, 4.69) is 4.98 Å². The highest BCUT2D eigenvalue weighted by Gasteiger charge is 2.04. The average Bonchev–Trinajstić information content (AvgIpc) is 2.40. The van der Waals surface area contributed by atoms with E-state index in [4.69, 9.17) is 4.74 Å². The molecule has 2 rings (SSSR count). The summed E-state index contributed by atoms with van der Waals surface area (Å²) in [5.41, 5.74) is 4.22. The molecule has 19 heavy (non-hydrogen) atoms. The number of hydrogen-bond donors (Lipinski definition) is 0. The van der Waals surface area contributed by atoms with Crippen LogP contribution in [-0.4, -0.2) is 17.6 Å². The summed E-state index contributed by atoms with van der Waals surface area (Å²) in [5, 5.41) is 0. The lowest BCUT2D eigenvalue weighted by Gasteiger charge is -2.05. The van der Waals surface area contributed by atoms with Crippen LogP contribution in [0.15, 0.2) is 42.6 Å². The number of pyridine rings is 1. The van der Waals surface area contributed by atoms with Crippen LogP contribution < -0.4 is 0 Å². The first kappa shape index (κ1) is 13.3. The van der Waals surface area contributed by atoms with E-state index in [9.17, 15) is 4.79 Å². The minimum atomic E-state index is -0.185. The summed E-state index contributed by atoms with van der Waals surface area (Å²) in [6.07, 6.45) is 2.13. The minimum absolute atomic E-state index is 0.185. The number of carbonyl (C=O) groups is 1. The summed E-state index contributed by atoms with van der Waals surface area (Å²) in [6, 6.07) is 12.0. The first-order chi connectivity index (χ1) is 9.19. The van der Waals surface area contributed by atoms with Crippen LogP contribution in [0.3, 0.4) is 0 Å². The maximum atomic E-state index is 11.4. The topological polar surface area (TPSA) is 39.2 Å². The summed E-state index contributed by atoms with van der Waals surface area (Å²) in [6.45, 7) is 4.21. The molecule has 98 valence electrons. The van der Waals surface area contributed by atoms with E-state index in [0.29, 0.717) is 13.0 Å². The maximum absolute atomic E-state index is 11.4. The summed E-state index contributed by atoms with van der Waals surface area (Å²) in [7, 11) is 0. The molecule has 0 spiro atoms. The fraction of sp³-hybridized carbons (Fsp3) is 0.250. The van der Waals surface area contributed by atoms with Gasteiger partial charge in [0.1, 0.15) is 0 Å². The fourth-order valence-electron chi connectivity index (χ4n) is 1.92. The average molecular weight is 255 g/mol. The fourth-order valence-corrected chi connectivity index (χ4v) is 1.92. The van der Waals surface area contributed by atoms with Gasteiger partial charge in [-0.25, -0.2) is 0 Å². The van der Waals surface area contributed by atoms with Gasteiger partial charge in [0.05, 0.1) is 13.0 Å². The highest BCUT2D eigenvalue weighted by Crippen LogP contribution is 2.20. The number of ether oxygens (including phenoxy) is 1. The van der Waals surface area contributed by atoms with E-state index in [-0.39, 0.29) is 5.97 Å². The molecule has 0 aliphatic heterocycles. The van der Waals surface area contributed by atoms with E-state index in [1.54, 1.807) is 6.20 Å². The highest BCUT2D eigenvalue weighted by atomic mass is 16.5. The van der Waals surface area contributed by atoms with Gasteiger partial charge in [-0.15, -0.1) is 0 Å². The van der Waals surface area contributed by atoms with Gasteiger partial charge in [0.15, 0.2) is 0 Å². The van der Waals surface area contributed by atoms with Crippen molar-refractivity contribution in [1.82, 2.24) is 4.98 Å². The zero-order chi connectivity index (χ0) is 13.7. The standard InChI is InChI=1S/C16H17NO2/c1-3-19-16(18)11-13-4-6-14(7-5-13)15-8-9-17-12(2)10-15/h4-10H,3,11H2,1-2H3. The number of carbonyl (C=O) groups excluding carboxylic acids is 1. The third-order valence-electron chi connectivity index (χ3n) is 2.84. The molecule has 1 aromatic heterocycles. The third kappa shape index (κ3) is 3.65. The normalized spacial score (nSPS) is 10.2. The number of nitrogens with zero attached hydrogens (tertiary/aromatic N) is 1. The lowest BCUT2D eigenvalue weighted by atomic mass is 10.0. The second kappa shape index (κ2) is 6.14. The zero-order valence-corrected chi connectivity index (χ0v) is 11.2. The molecule has 0 amide bonds. The molecule has 0 radical (unpaired) electrons. The summed E-state index contributed by atoms with van der Waals surface area (Å²) < 4.78 is 4.93. The molecule has 3 heteroatoms. The molecule has 1 aromatic carbocycles. The Kier molecular flexibility index (Phi) is 4.29. The molecule has 0 bridgehead atoms. The van der Waals surface area contributed by atoms with Crippen LogP contribution in [0.4, 0.5) is 0 Å². The Morgan fingerprint density at radius 3 is 2.53 bits per heavy atom. The SMILES string of the molecule is CCOC(=O)Cc1ccc(-c2ccnc(C)c2)cc1. The van der Waals surface area contributed by atoms with Gasteiger partial charge < -0.3 is 4.74 Å². The van der Waals surface area contributed by atoms with Crippen molar-refractivity contribution in [3.63, 3.8) is 0 Å². The van der Waals surface area contributed by atoms with Crippen molar-refractivity contribution < 1.29 is 9.53 Å². The van der Waals surface area contributed by atoms with Crippen LogP contribution in [0.2, 0.25) is 0 Å². The predicted molar refractivity (Wildman–Crippen MR) is 74.7 cm³/mol. The Morgan fingerprint density at radius 2 is 1.89 bits per heavy atom. The van der Waals surface area contributed by atoms with Gasteiger partial charge in [0.25, 0.3) is 0 Å². The van der Waals surface area contributed by atoms with Gasteiger partial charge in [0.2, 0.25) is 0 Å².